The van der Waals surface area contributed by atoms with Crippen LogP contribution in [0.3, 0.4) is 0 Å². The van der Waals surface area contributed by atoms with E-state index in [0.717, 1.165) is 24.3 Å². The lowest BCUT2D eigenvalue weighted by atomic mass is 10.2. The maximum Gasteiger partial charge on any atom is 0.274 e. The molecule has 1 saturated carbocycles. The Morgan fingerprint density at radius 2 is 2.12 bits per heavy atom. The molecule has 5 nitrogen and oxygen atoms in total. The number of para-hydroxylation sites is 1. The third-order valence-corrected chi connectivity index (χ3v) is 4.90. The van der Waals surface area contributed by atoms with Crippen LogP contribution in [0.25, 0.3) is 0 Å². The van der Waals surface area contributed by atoms with Gasteiger partial charge in [-0.15, -0.1) is 0 Å². The smallest absolute Gasteiger partial charge is 0.274 e. The molecule has 0 unspecified atom stereocenters. The maximum atomic E-state index is 12.8. The molecule has 0 radical (unpaired) electrons. The summed E-state index contributed by atoms with van der Waals surface area (Å²) in [5, 5.41) is 11.2. The van der Waals surface area contributed by atoms with Gasteiger partial charge < -0.3 is 9.64 Å². The summed E-state index contributed by atoms with van der Waals surface area (Å²) in [6.45, 7) is 1.01. The Morgan fingerprint density at radius 3 is 2.84 bits per heavy atom. The van der Waals surface area contributed by atoms with E-state index in [4.69, 9.17) is 4.74 Å². The molecule has 128 valence electrons. The highest BCUT2D eigenvalue weighted by molar-refractivity contribution is 7.07. The molecule has 25 heavy (non-hydrogen) atoms. The van der Waals surface area contributed by atoms with Crippen LogP contribution in [0.5, 0.6) is 5.75 Å². The van der Waals surface area contributed by atoms with E-state index in [2.05, 4.69) is 21.6 Å². The summed E-state index contributed by atoms with van der Waals surface area (Å²) >= 11 is 1.65. The normalized spacial score (nSPS) is 13.6. The second-order valence-electron chi connectivity index (χ2n) is 6.18. The number of ether oxygens (including phenoxy) is 1. The zero-order chi connectivity index (χ0) is 17.1. The number of amides is 1. The molecule has 1 N–H and O–H groups in total. The van der Waals surface area contributed by atoms with Crippen molar-refractivity contribution in [2.45, 2.75) is 32.0 Å². The van der Waals surface area contributed by atoms with E-state index in [1.807, 2.05) is 40.6 Å². The van der Waals surface area contributed by atoms with Crippen LogP contribution in [0.4, 0.5) is 0 Å². The molecule has 0 aliphatic heterocycles. The summed E-state index contributed by atoms with van der Waals surface area (Å²) in [4.78, 5) is 14.8. The molecule has 0 atom stereocenters. The molecule has 1 aliphatic rings. The molecule has 0 saturated heterocycles. The minimum Gasteiger partial charge on any atom is -0.487 e. The number of H-pyrrole nitrogens is 1. The lowest BCUT2D eigenvalue weighted by Gasteiger charge is -2.20. The fourth-order valence-electron chi connectivity index (χ4n) is 2.70. The average molecular weight is 353 g/mol. The Kier molecular flexibility index (Phi) is 4.52. The third-order valence-electron chi connectivity index (χ3n) is 4.17. The van der Waals surface area contributed by atoms with Crippen molar-refractivity contribution in [2.24, 2.45) is 0 Å². The summed E-state index contributed by atoms with van der Waals surface area (Å²) in [5.41, 5.74) is 2.42. The van der Waals surface area contributed by atoms with Crippen LogP contribution in [0.15, 0.2) is 53.2 Å². The van der Waals surface area contributed by atoms with E-state index < -0.39 is 0 Å². The first-order valence-electron chi connectivity index (χ1n) is 8.34. The molecule has 2 aromatic heterocycles. The summed E-state index contributed by atoms with van der Waals surface area (Å²) in [5.74, 6) is 0.776. The van der Waals surface area contributed by atoms with Crippen LogP contribution in [0.2, 0.25) is 0 Å². The Hall–Kier alpha value is -2.60. The quantitative estimate of drug-likeness (QED) is 0.702. The first kappa shape index (κ1) is 15.9. The van der Waals surface area contributed by atoms with Crippen molar-refractivity contribution in [3.63, 3.8) is 0 Å². The molecule has 0 bridgehead atoms. The van der Waals surface area contributed by atoms with E-state index in [9.17, 15) is 4.79 Å². The molecule has 4 rings (SSSR count). The molecule has 1 aliphatic carbocycles. The Bertz CT molecular complexity index is 825. The van der Waals surface area contributed by atoms with Gasteiger partial charge in [0.25, 0.3) is 5.91 Å². The first-order valence-corrected chi connectivity index (χ1v) is 9.28. The maximum absolute atomic E-state index is 12.8. The minimum absolute atomic E-state index is 0.0177. The van der Waals surface area contributed by atoms with Crippen molar-refractivity contribution in [3.05, 3.63) is 70.2 Å². The lowest BCUT2D eigenvalue weighted by molar-refractivity contribution is 0.0724. The van der Waals surface area contributed by atoms with Gasteiger partial charge in [-0.1, -0.05) is 18.2 Å². The predicted octanol–water partition coefficient (Wildman–Crippen LogP) is 3.86. The number of hydrogen-bond acceptors (Lipinski definition) is 4. The molecule has 0 spiro atoms. The number of carbonyl (C=O) groups is 1. The zero-order valence-electron chi connectivity index (χ0n) is 13.7. The number of aromatic nitrogens is 2. The van der Waals surface area contributed by atoms with Crippen molar-refractivity contribution >= 4 is 17.2 Å². The van der Waals surface area contributed by atoms with Gasteiger partial charge >= 0.3 is 0 Å². The number of nitrogens with one attached hydrogen (secondary N) is 1. The van der Waals surface area contributed by atoms with Gasteiger partial charge in [-0.2, -0.15) is 16.4 Å². The number of benzene rings is 1. The average Bonchev–Trinajstić information content (AvgIpc) is 3.16. The van der Waals surface area contributed by atoms with E-state index in [0.29, 0.717) is 24.9 Å². The second kappa shape index (κ2) is 7.11. The second-order valence-corrected chi connectivity index (χ2v) is 6.96. The topological polar surface area (TPSA) is 58.2 Å². The van der Waals surface area contributed by atoms with Crippen LogP contribution in [0.1, 0.15) is 34.6 Å². The number of hydrogen-bond donors (Lipinski definition) is 1. The van der Waals surface area contributed by atoms with Gasteiger partial charge in [0.15, 0.2) is 5.69 Å². The number of rotatable bonds is 7. The lowest BCUT2D eigenvalue weighted by Crippen LogP contribution is -2.32. The highest BCUT2D eigenvalue weighted by Crippen LogP contribution is 2.30. The number of aromatic amines is 1. The number of carbonyl (C=O) groups excluding carboxylic acids is 1. The Labute approximate surface area is 150 Å². The monoisotopic (exact) mass is 353 g/mol. The highest BCUT2D eigenvalue weighted by atomic mass is 32.1. The van der Waals surface area contributed by atoms with Crippen LogP contribution >= 0.6 is 11.3 Å². The largest absolute Gasteiger partial charge is 0.487 e. The van der Waals surface area contributed by atoms with Gasteiger partial charge in [-0.25, -0.2) is 0 Å². The molecule has 2 heterocycles. The van der Waals surface area contributed by atoms with Crippen LogP contribution in [-0.2, 0) is 13.2 Å². The van der Waals surface area contributed by atoms with Crippen molar-refractivity contribution in [2.75, 3.05) is 0 Å². The van der Waals surface area contributed by atoms with Crippen LogP contribution in [0, 0.1) is 0 Å². The first-order chi connectivity index (χ1) is 12.3. The van der Waals surface area contributed by atoms with Gasteiger partial charge in [-0.05, 0) is 53.4 Å². The summed E-state index contributed by atoms with van der Waals surface area (Å²) < 4.78 is 5.70. The van der Waals surface area contributed by atoms with E-state index in [-0.39, 0.29) is 5.91 Å². The van der Waals surface area contributed by atoms with Crippen molar-refractivity contribution in [1.29, 1.82) is 0 Å². The third kappa shape index (κ3) is 3.91. The molecule has 3 aromatic rings. The number of nitrogens with zero attached hydrogens (tertiary/aromatic N) is 2. The van der Waals surface area contributed by atoms with Gasteiger partial charge in [0.2, 0.25) is 0 Å². The van der Waals surface area contributed by atoms with Crippen molar-refractivity contribution in [1.82, 2.24) is 15.1 Å². The highest BCUT2D eigenvalue weighted by Gasteiger charge is 2.34. The van der Waals surface area contributed by atoms with Gasteiger partial charge in [0.1, 0.15) is 12.4 Å². The Balaban J connectivity index is 1.42. The molecule has 1 amide bonds. The van der Waals surface area contributed by atoms with E-state index >= 15 is 0 Å². The summed E-state index contributed by atoms with van der Waals surface area (Å²) in [6, 6.07) is 13.8. The zero-order valence-corrected chi connectivity index (χ0v) is 14.5. The van der Waals surface area contributed by atoms with Gasteiger partial charge in [-0.3, -0.25) is 9.89 Å². The standard InChI is InChI=1S/C19H19N3O2S/c23-19(22(16-6-7-16)11-14-8-9-25-13-14)18-10-15(20-21-18)12-24-17-4-2-1-3-5-17/h1-5,8-10,13,16H,6-7,11-12H2,(H,20,21). The van der Waals surface area contributed by atoms with E-state index in [1.54, 1.807) is 17.4 Å². The van der Waals surface area contributed by atoms with Gasteiger partial charge in [0, 0.05) is 12.6 Å². The van der Waals surface area contributed by atoms with Crippen LogP contribution in [-0.4, -0.2) is 27.0 Å². The van der Waals surface area contributed by atoms with Crippen molar-refractivity contribution < 1.29 is 9.53 Å². The molecule has 1 aromatic carbocycles. The van der Waals surface area contributed by atoms with Gasteiger partial charge in [0.05, 0.1) is 5.69 Å². The Morgan fingerprint density at radius 1 is 1.28 bits per heavy atom. The fraction of sp³-hybridized carbons (Fsp3) is 0.263. The number of thiophene rings is 1. The van der Waals surface area contributed by atoms with Crippen LogP contribution < -0.4 is 4.74 Å². The SMILES string of the molecule is O=C(c1cc(COc2ccccc2)[nH]n1)N(Cc1ccsc1)C1CC1. The van der Waals surface area contributed by atoms with E-state index in [1.165, 1.54) is 5.56 Å². The molecule has 6 heteroatoms. The summed E-state index contributed by atoms with van der Waals surface area (Å²) in [7, 11) is 0. The predicted molar refractivity (Wildman–Crippen MR) is 96.6 cm³/mol. The van der Waals surface area contributed by atoms with Crippen molar-refractivity contribution in [3.8, 4) is 5.75 Å². The molecular formula is C19H19N3O2S. The molecule has 1 fully saturated rings. The minimum atomic E-state index is -0.0177. The summed E-state index contributed by atoms with van der Waals surface area (Å²) in [6.07, 6.45) is 2.15. The molecular weight excluding hydrogens is 334 g/mol. The fourth-order valence-corrected chi connectivity index (χ4v) is 3.36.